The lowest BCUT2D eigenvalue weighted by Gasteiger charge is -2.38. The maximum absolute atomic E-state index is 14.7. The van der Waals surface area contributed by atoms with E-state index in [0.717, 1.165) is 64.2 Å². The number of fused-ring (bicyclic) bond motifs is 1. The first kappa shape index (κ1) is 40.8. The molecule has 11 heteroatoms. The molecule has 5 rings (SSSR count). The molecule has 0 aromatic carbocycles. The molecule has 294 valence electrons. The van der Waals surface area contributed by atoms with Crippen LogP contribution in [-0.4, -0.2) is 69.2 Å². The van der Waals surface area contributed by atoms with Crippen LogP contribution in [0.5, 0.6) is 5.88 Å². The number of ketones is 4. The molecule has 1 aromatic rings. The first-order chi connectivity index (χ1) is 25.0. The molecule has 1 aromatic heterocycles. The van der Waals surface area contributed by atoms with E-state index in [1.807, 2.05) is 48.5 Å². The maximum atomic E-state index is 14.7. The average Bonchev–Trinajstić information content (AvgIpc) is 3.42. The number of ether oxygens (including phenoxy) is 1. The minimum atomic E-state index is -0.949. The highest BCUT2D eigenvalue weighted by molar-refractivity contribution is 6.38. The molecule has 0 bridgehead atoms. The van der Waals surface area contributed by atoms with Gasteiger partial charge in [-0.1, -0.05) is 59.8 Å². The monoisotopic (exact) mass is 737 g/mol. The zero-order valence-electron chi connectivity index (χ0n) is 33.2. The number of hydrogen-bond donors (Lipinski definition) is 1. The van der Waals surface area contributed by atoms with Crippen molar-refractivity contribution < 1.29 is 38.0 Å². The smallest absolute Gasteiger partial charge is 0.255 e. The highest BCUT2D eigenvalue weighted by Gasteiger charge is 2.52. The second kappa shape index (κ2) is 17.0. The number of carbonyl (C=O) groups excluding carboxylic acids is 6. The molecule has 0 spiro atoms. The summed E-state index contributed by atoms with van der Waals surface area (Å²) >= 11 is 0. The van der Waals surface area contributed by atoms with Crippen molar-refractivity contribution in [3.63, 3.8) is 0 Å². The molecule has 1 N–H and O–H groups in total. The van der Waals surface area contributed by atoms with Gasteiger partial charge in [0, 0.05) is 37.6 Å². The van der Waals surface area contributed by atoms with E-state index in [2.05, 4.69) is 10.5 Å². The summed E-state index contributed by atoms with van der Waals surface area (Å²) in [5.74, 6) is -2.71. The van der Waals surface area contributed by atoms with Crippen LogP contribution < -0.4 is 10.1 Å². The Balaban J connectivity index is 1.35. The van der Waals surface area contributed by atoms with Gasteiger partial charge in [-0.15, -0.1) is 0 Å². The Morgan fingerprint density at radius 1 is 0.925 bits per heavy atom. The molecular weight excluding hydrogens is 674 g/mol. The molecule has 2 heterocycles. The maximum Gasteiger partial charge on any atom is 0.255 e. The molecule has 3 saturated carbocycles. The highest BCUT2D eigenvalue weighted by atomic mass is 16.6. The molecule has 4 aliphatic rings. The van der Waals surface area contributed by atoms with Gasteiger partial charge in [-0.2, -0.15) is 0 Å². The fourth-order valence-electron chi connectivity index (χ4n) is 9.02. The van der Waals surface area contributed by atoms with Gasteiger partial charge in [0.25, 0.3) is 5.88 Å². The van der Waals surface area contributed by atoms with E-state index < -0.39 is 40.7 Å². The van der Waals surface area contributed by atoms with Gasteiger partial charge in [-0.3, -0.25) is 28.8 Å². The van der Waals surface area contributed by atoms with E-state index in [-0.39, 0.29) is 83.7 Å². The van der Waals surface area contributed by atoms with Crippen molar-refractivity contribution >= 4 is 34.9 Å². The summed E-state index contributed by atoms with van der Waals surface area (Å²) in [6.07, 6.45) is 10.5. The lowest BCUT2D eigenvalue weighted by atomic mass is 9.76. The molecule has 11 nitrogen and oxygen atoms in total. The number of hydrogen-bond acceptors (Lipinski definition) is 9. The number of likely N-dealkylation sites (tertiary alicyclic amines) is 1. The van der Waals surface area contributed by atoms with Crippen LogP contribution in [0.2, 0.25) is 0 Å². The van der Waals surface area contributed by atoms with Gasteiger partial charge < -0.3 is 19.5 Å². The lowest BCUT2D eigenvalue weighted by Crippen LogP contribution is -2.58. The minimum absolute atomic E-state index is 0.0102. The van der Waals surface area contributed by atoms with Crippen molar-refractivity contribution in [1.82, 2.24) is 15.4 Å². The van der Waals surface area contributed by atoms with Crippen LogP contribution in [0.3, 0.4) is 0 Å². The van der Waals surface area contributed by atoms with Gasteiger partial charge in [0.1, 0.15) is 11.6 Å². The first-order valence-corrected chi connectivity index (χ1v) is 20.4. The minimum Gasteiger partial charge on any atom is -0.470 e. The number of carbonyl (C=O) groups is 6. The van der Waals surface area contributed by atoms with E-state index in [0.29, 0.717) is 19.4 Å². The molecule has 1 aliphatic heterocycles. The topological polar surface area (TPSA) is 153 Å². The molecule has 3 aliphatic carbocycles. The summed E-state index contributed by atoms with van der Waals surface area (Å²) in [6, 6.07) is -0.182. The predicted molar refractivity (Wildman–Crippen MR) is 199 cm³/mol. The Kier molecular flexibility index (Phi) is 13.1. The van der Waals surface area contributed by atoms with E-state index in [4.69, 9.17) is 9.26 Å². The normalized spacial score (nSPS) is 23.9. The van der Waals surface area contributed by atoms with Gasteiger partial charge in [0.15, 0.2) is 11.6 Å². The van der Waals surface area contributed by atoms with E-state index in [1.54, 1.807) is 4.90 Å². The first-order valence-electron chi connectivity index (χ1n) is 20.4. The van der Waals surface area contributed by atoms with Crippen LogP contribution in [0.4, 0.5) is 0 Å². The van der Waals surface area contributed by atoms with Crippen molar-refractivity contribution in [3.05, 3.63) is 11.8 Å². The third-order valence-electron chi connectivity index (χ3n) is 11.9. The zero-order chi connectivity index (χ0) is 38.7. The second-order valence-electron chi connectivity index (χ2n) is 18.6. The fraction of sp³-hybridized carbons (Fsp3) is 0.786. The summed E-state index contributed by atoms with van der Waals surface area (Å²) in [4.78, 5) is 84.8. The molecule has 53 heavy (non-hydrogen) atoms. The van der Waals surface area contributed by atoms with Gasteiger partial charge in [0.2, 0.25) is 29.1 Å². The van der Waals surface area contributed by atoms with E-state index in [1.165, 1.54) is 6.07 Å². The van der Waals surface area contributed by atoms with Crippen molar-refractivity contribution in [2.75, 3.05) is 6.54 Å². The predicted octanol–water partition coefficient (Wildman–Crippen LogP) is 7.09. The summed E-state index contributed by atoms with van der Waals surface area (Å²) in [5, 5.41) is 7.01. The Labute approximate surface area is 315 Å². The van der Waals surface area contributed by atoms with Crippen molar-refractivity contribution in [2.45, 2.75) is 162 Å². The average molecular weight is 738 g/mol. The van der Waals surface area contributed by atoms with Crippen LogP contribution in [0.15, 0.2) is 10.6 Å². The number of Topliss-reactive ketones (excluding diaryl/α,β-unsaturated/α-hetero) is 4. The van der Waals surface area contributed by atoms with Crippen LogP contribution in [0.1, 0.15) is 155 Å². The standard InChI is InChI=1S/C42H63N3O8/c1-8-13-27(37(49)33(48)20-25-18-19-25)21-32(47)36-29-17-12-16-28(29)24-45(36)40(51)38(41(2,3)4)43-39(50)30(26-14-10-9-11-15-26)22-31(46)34-23-35(44-53-34)52-42(5,6)7/h23,25-30,36,38H,8-22,24H2,1-7H3,(H,43,50)/t27-,28+,29+,30+,36+,38-/m1/s1. The summed E-state index contributed by atoms with van der Waals surface area (Å²) < 4.78 is 11.1. The number of nitrogens with one attached hydrogen (secondary N) is 1. The summed E-state index contributed by atoms with van der Waals surface area (Å²) in [6.45, 7) is 13.7. The summed E-state index contributed by atoms with van der Waals surface area (Å²) in [7, 11) is 0. The van der Waals surface area contributed by atoms with Crippen LogP contribution in [0.25, 0.3) is 0 Å². The Morgan fingerprint density at radius 3 is 2.25 bits per heavy atom. The van der Waals surface area contributed by atoms with Gasteiger partial charge >= 0.3 is 0 Å². The van der Waals surface area contributed by atoms with Crippen molar-refractivity contribution in [3.8, 4) is 5.88 Å². The quantitative estimate of drug-likeness (QED) is 0.130. The molecule has 1 saturated heterocycles. The third kappa shape index (κ3) is 10.4. The van der Waals surface area contributed by atoms with Crippen molar-refractivity contribution in [1.29, 1.82) is 0 Å². The Morgan fingerprint density at radius 2 is 1.62 bits per heavy atom. The molecule has 0 radical (unpaired) electrons. The Hall–Kier alpha value is -3.37. The zero-order valence-corrected chi connectivity index (χ0v) is 33.2. The van der Waals surface area contributed by atoms with Crippen molar-refractivity contribution in [2.24, 2.45) is 40.9 Å². The number of aromatic nitrogens is 1. The van der Waals surface area contributed by atoms with Crippen LogP contribution in [0, 0.1) is 40.9 Å². The number of amides is 2. The van der Waals surface area contributed by atoms with Gasteiger partial charge in [0.05, 0.1) is 12.1 Å². The summed E-state index contributed by atoms with van der Waals surface area (Å²) in [5.41, 5.74) is -1.24. The molecule has 0 unspecified atom stereocenters. The van der Waals surface area contributed by atoms with E-state index >= 15 is 0 Å². The fourth-order valence-corrected chi connectivity index (χ4v) is 9.02. The number of nitrogens with zero attached hydrogens (tertiary/aromatic N) is 2. The lowest BCUT2D eigenvalue weighted by molar-refractivity contribution is -0.146. The number of rotatable bonds is 17. The molecule has 4 fully saturated rings. The highest BCUT2D eigenvalue weighted by Crippen LogP contribution is 2.44. The van der Waals surface area contributed by atoms with Crippen LogP contribution >= 0.6 is 0 Å². The second-order valence-corrected chi connectivity index (χ2v) is 18.6. The molecule has 2 amide bonds. The Bertz CT molecular complexity index is 1510. The SMILES string of the molecule is CCC[C@H](CC(=O)[C@@H]1[C@H]2CCC[C@H]2CN1C(=O)[C@@H](NC(=O)[C@@H](CC(=O)c1cc(OC(C)(C)C)no1)C1CCCCC1)C(C)(C)C)C(=O)C(=O)CC1CC1. The van der Waals surface area contributed by atoms with Gasteiger partial charge in [-0.05, 0) is 100.0 Å². The van der Waals surface area contributed by atoms with E-state index in [9.17, 15) is 28.8 Å². The van der Waals surface area contributed by atoms with Crippen LogP contribution in [-0.2, 0) is 24.0 Å². The third-order valence-corrected chi connectivity index (χ3v) is 11.9. The van der Waals surface area contributed by atoms with Gasteiger partial charge in [-0.25, -0.2) is 0 Å². The molecule has 6 atom stereocenters. The molecular formula is C42H63N3O8. The largest absolute Gasteiger partial charge is 0.470 e.